The summed E-state index contributed by atoms with van der Waals surface area (Å²) in [6.45, 7) is 1.50. The number of hydrogen-bond donors (Lipinski definition) is 2. The minimum atomic E-state index is -0.304. The van der Waals surface area contributed by atoms with Crippen LogP contribution in [0.15, 0.2) is 51.9 Å². The van der Waals surface area contributed by atoms with Gasteiger partial charge in [-0.25, -0.2) is 4.79 Å². The second-order valence-corrected chi connectivity index (χ2v) is 7.69. The smallest absolute Gasteiger partial charge is 0.321 e. The number of pyridine rings is 1. The third-order valence-electron chi connectivity index (χ3n) is 4.57. The van der Waals surface area contributed by atoms with Gasteiger partial charge in [0.2, 0.25) is 5.91 Å². The summed E-state index contributed by atoms with van der Waals surface area (Å²) in [5.41, 5.74) is 1.03. The topological polar surface area (TPSA) is 83.4 Å². The van der Waals surface area contributed by atoms with Crippen molar-refractivity contribution in [3.8, 4) is 0 Å². The molecule has 1 aliphatic heterocycles. The Kier molecular flexibility index (Phi) is 6.86. The number of nitrogens with one attached hydrogen (secondary N) is 2. The molecular formula is C20H23BrN4O3. The number of benzene rings is 1. The van der Waals surface area contributed by atoms with E-state index >= 15 is 0 Å². The van der Waals surface area contributed by atoms with Crippen LogP contribution in [0.25, 0.3) is 0 Å². The number of aromatic nitrogens is 1. The first-order chi connectivity index (χ1) is 13.5. The number of likely N-dealkylation sites (tertiary alicyclic amines) is 1. The van der Waals surface area contributed by atoms with Gasteiger partial charge in [-0.3, -0.25) is 9.59 Å². The molecule has 1 aliphatic rings. The van der Waals surface area contributed by atoms with E-state index in [-0.39, 0.29) is 24.0 Å². The van der Waals surface area contributed by atoms with Crippen LogP contribution in [-0.4, -0.2) is 34.5 Å². The molecule has 28 heavy (non-hydrogen) atoms. The van der Waals surface area contributed by atoms with Gasteiger partial charge in [0.15, 0.2) is 0 Å². The maximum atomic E-state index is 12.4. The van der Waals surface area contributed by atoms with Crippen LogP contribution < -0.4 is 16.2 Å². The van der Waals surface area contributed by atoms with E-state index < -0.39 is 0 Å². The number of halogens is 1. The van der Waals surface area contributed by atoms with Crippen LogP contribution in [0.2, 0.25) is 0 Å². The van der Waals surface area contributed by atoms with Gasteiger partial charge in [-0.1, -0.05) is 12.8 Å². The molecule has 3 amide bonds. The van der Waals surface area contributed by atoms with E-state index in [9.17, 15) is 14.4 Å². The molecule has 0 aliphatic carbocycles. The molecule has 1 saturated heterocycles. The molecule has 0 radical (unpaired) electrons. The van der Waals surface area contributed by atoms with Crippen molar-refractivity contribution in [1.29, 1.82) is 0 Å². The highest BCUT2D eigenvalue weighted by Crippen LogP contribution is 2.16. The Hall–Kier alpha value is -2.61. The molecule has 148 valence electrons. The van der Waals surface area contributed by atoms with Crippen molar-refractivity contribution >= 4 is 39.2 Å². The molecule has 7 nitrogen and oxygen atoms in total. The summed E-state index contributed by atoms with van der Waals surface area (Å²) >= 11 is 3.28. The molecule has 1 aromatic carbocycles. The lowest BCUT2D eigenvalue weighted by atomic mass is 10.2. The van der Waals surface area contributed by atoms with Gasteiger partial charge in [0.25, 0.3) is 5.56 Å². The van der Waals surface area contributed by atoms with Crippen molar-refractivity contribution in [3.63, 3.8) is 0 Å². The Morgan fingerprint density at radius 3 is 2.14 bits per heavy atom. The van der Waals surface area contributed by atoms with Gasteiger partial charge in [-0.15, -0.1) is 0 Å². The Bertz CT molecular complexity index is 887. The second-order valence-electron chi connectivity index (χ2n) is 6.77. The molecule has 3 rings (SSSR count). The predicted octanol–water partition coefficient (Wildman–Crippen LogP) is 3.66. The van der Waals surface area contributed by atoms with Crippen molar-refractivity contribution in [2.75, 3.05) is 23.7 Å². The lowest BCUT2D eigenvalue weighted by Crippen LogP contribution is -2.35. The lowest BCUT2D eigenvalue weighted by molar-refractivity contribution is -0.116. The molecule has 0 bridgehead atoms. The monoisotopic (exact) mass is 446 g/mol. The van der Waals surface area contributed by atoms with Crippen molar-refractivity contribution in [1.82, 2.24) is 9.47 Å². The van der Waals surface area contributed by atoms with Gasteiger partial charge in [-0.05, 0) is 59.1 Å². The fourth-order valence-corrected chi connectivity index (χ4v) is 3.47. The number of amides is 3. The zero-order valence-electron chi connectivity index (χ0n) is 15.5. The summed E-state index contributed by atoms with van der Waals surface area (Å²) in [7, 11) is 0. The highest BCUT2D eigenvalue weighted by molar-refractivity contribution is 9.10. The van der Waals surface area contributed by atoms with Crippen LogP contribution in [0, 0.1) is 0 Å². The summed E-state index contributed by atoms with van der Waals surface area (Å²) in [6.07, 6.45) is 6.00. The summed E-state index contributed by atoms with van der Waals surface area (Å²) < 4.78 is 2.05. The molecule has 8 heteroatoms. The highest BCUT2D eigenvalue weighted by Gasteiger charge is 2.15. The Morgan fingerprint density at radius 1 is 0.893 bits per heavy atom. The SMILES string of the molecule is O=C(Cn1cc(Br)ccc1=O)Nc1ccc(NC(=O)N2CCCCCC2)cc1. The third kappa shape index (κ3) is 5.69. The predicted molar refractivity (Wildman–Crippen MR) is 113 cm³/mol. The van der Waals surface area contributed by atoms with E-state index in [2.05, 4.69) is 26.6 Å². The molecular weight excluding hydrogens is 424 g/mol. The van der Waals surface area contributed by atoms with Gasteiger partial charge < -0.3 is 20.1 Å². The summed E-state index contributed by atoms with van der Waals surface area (Å²) in [6, 6.07) is 9.88. The van der Waals surface area contributed by atoms with Crippen LogP contribution in [0.5, 0.6) is 0 Å². The molecule has 0 spiro atoms. The number of nitrogens with zero attached hydrogens (tertiary/aromatic N) is 2. The number of carbonyl (C=O) groups is 2. The van der Waals surface area contributed by atoms with Crippen LogP contribution in [0.1, 0.15) is 25.7 Å². The van der Waals surface area contributed by atoms with Crippen LogP contribution in [0.4, 0.5) is 16.2 Å². The van der Waals surface area contributed by atoms with Gasteiger partial charge in [-0.2, -0.15) is 0 Å². The first-order valence-corrected chi connectivity index (χ1v) is 10.1. The van der Waals surface area contributed by atoms with E-state index in [1.165, 1.54) is 23.5 Å². The van der Waals surface area contributed by atoms with Gasteiger partial charge >= 0.3 is 6.03 Å². The molecule has 0 unspecified atom stereocenters. The maximum Gasteiger partial charge on any atom is 0.321 e. The Balaban J connectivity index is 1.55. The fourth-order valence-electron chi connectivity index (χ4n) is 3.09. The zero-order valence-corrected chi connectivity index (χ0v) is 17.1. The van der Waals surface area contributed by atoms with E-state index in [0.29, 0.717) is 11.4 Å². The number of anilines is 2. The number of carbonyl (C=O) groups excluding carboxylic acids is 2. The second kappa shape index (κ2) is 9.54. The first kappa shape index (κ1) is 20.1. The maximum absolute atomic E-state index is 12.4. The average Bonchev–Trinajstić information content (AvgIpc) is 2.96. The first-order valence-electron chi connectivity index (χ1n) is 9.33. The van der Waals surface area contributed by atoms with E-state index in [1.807, 2.05) is 4.90 Å². The number of rotatable bonds is 4. The molecule has 1 fully saturated rings. The summed E-state index contributed by atoms with van der Waals surface area (Å²) in [4.78, 5) is 38.2. The minimum Gasteiger partial charge on any atom is -0.325 e. The highest BCUT2D eigenvalue weighted by atomic mass is 79.9. The standard InChI is InChI=1S/C20H23BrN4O3/c21-15-5-10-19(27)25(13-15)14-18(26)22-16-6-8-17(9-7-16)23-20(28)24-11-3-1-2-4-12-24/h5-10,13H,1-4,11-12,14H2,(H,22,26)(H,23,28). The molecule has 1 aromatic heterocycles. The van der Waals surface area contributed by atoms with Crippen LogP contribution >= 0.6 is 15.9 Å². The minimum absolute atomic E-state index is 0.0777. The van der Waals surface area contributed by atoms with Gasteiger partial charge in [0.05, 0.1) is 0 Å². The lowest BCUT2D eigenvalue weighted by Gasteiger charge is -2.20. The molecule has 2 aromatic rings. The fraction of sp³-hybridized carbons (Fsp3) is 0.350. The molecule has 2 heterocycles. The summed E-state index contributed by atoms with van der Waals surface area (Å²) in [5, 5.41) is 5.65. The number of hydrogen-bond acceptors (Lipinski definition) is 3. The third-order valence-corrected chi connectivity index (χ3v) is 5.04. The number of urea groups is 1. The average molecular weight is 447 g/mol. The quantitative estimate of drug-likeness (QED) is 0.751. The molecule has 0 saturated carbocycles. The zero-order chi connectivity index (χ0) is 19.9. The van der Waals surface area contributed by atoms with Crippen LogP contribution in [0.3, 0.4) is 0 Å². The van der Waals surface area contributed by atoms with Crippen LogP contribution in [-0.2, 0) is 11.3 Å². The summed E-state index contributed by atoms with van der Waals surface area (Å²) in [5.74, 6) is -0.304. The largest absolute Gasteiger partial charge is 0.325 e. The van der Waals surface area contributed by atoms with E-state index in [1.54, 1.807) is 36.5 Å². The Labute approximate surface area is 171 Å². The normalized spacial score (nSPS) is 14.2. The van der Waals surface area contributed by atoms with Crippen molar-refractivity contribution in [2.45, 2.75) is 32.2 Å². The van der Waals surface area contributed by atoms with E-state index in [4.69, 9.17) is 0 Å². The van der Waals surface area contributed by atoms with E-state index in [0.717, 1.165) is 30.4 Å². The molecule has 0 atom stereocenters. The van der Waals surface area contributed by atoms with Crippen molar-refractivity contribution < 1.29 is 9.59 Å². The van der Waals surface area contributed by atoms with Gasteiger partial charge in [0.1, 0.15) is 6.54 Å². The van der Waals surface area contributed by atoms with Crippen molar-refractivity contribution in [3.05, 3.63) is 57.4 Å². The van der Waals surface area contributed by atoms with Crippen molar-refractivity contribution in [2.24, 2.45) is 0 Å². The molecule has 2 N–H and O–H groups in total. The Morgan fingerprint density at radius 2 is 1.50 bits per heavy atom. The van der Waals surface area contributed by atoms with Gasteiger partial charge in [0, 0.05) is 41.2 Å².